The van der Waals surface area contributed by atoms with Crippen LogP contribution in [0.25, 0.3) is 10.9 Å². The van der Waals surface area contributed by atoms with Gasteiger partial charge in [0.25, 0.3) is 5.56 Å². The van der Waals surface area contributed by atoms with Gasteiger partial charge in [0.2, 0.25) is 5.91 Å². The van der Waals surface area contributed by atoms with E-state index in [4.69, 9.17) is 0 Å². The summed E-state index contributed by atoms with van der Waals surface area (Å²) in [6.45, 7) is 8.15. The molecule has 0 radical (unpaired) electrons. The number of nitrogens with one attached hydrogen (secondary N) is 2. The number of hydrogen-bond acceptors (Lipinski definition) is 3. The maximum absolute atomic E-state index is 12.3. The fourth-order valence-electron chi connectivity index (χ4n) is 3.37. The fraction of sp³-hybridized carbons (Fsp3) is 0.304. The van der Waals surface area contributed by atoms with Crippen LogP contribution in [0.4, 0.5) is 11.4 Å². The lowest BCUT2D eigenvalue weighted by molar-refractivity contribution is -0.116. The molecule has 2 N–H and O–H groups in total. The van der Waals surface area contributed by atoms with Crippen molar-refractivity contribution in [1.82, 2.24) is 4.98 Å². The van der Waals surface area contributed by atoms with E-state index in [9.17, 15) is 9.59 Å². The third-order valence-corrected chi connectivity index (χ3v) is 4.98. The summed E-state index contributed by atoms with van der Waals surface area (Å²) in [5.41, 5.74) is 4.36. The lowest BCUT2D eigenvalue weighted by Gasteiger charge is -2.21. The maximum Gasteiger partial charge on any atom is 0.251 e. The number of nitrogens with zero attached hydrogens (tertiary/aromatic N) is 1. The molecule has 1 aromatic heterocycles. The van der Waals surface area contributed by atoms with E-state index in [-0.39, 0.29) is 17.9 Å². The Kier molecular flexibility index (Phi) is 6.14. The minimum atomic E-state index is -0.132. The number of H-pyrrole nitrogens is 1. The molecule has 3 rings (SSSR count). The number of carbonyl (C=O) groups is 1. The minimum Gasteiger partial charge on any atom is -0.372 e. The molecule has 1 amide bonds. The Labute approximate surface area is 165 Å². The number of rotatable bonds is 7. The molecule has 0 atom stereocenters. The van der Waals surface area contributed by atoms with Crippen LogP contribution in [0.5, 0.6) is 0 Å². The van der Waals surface area contributed by atoms with E-state index in [2.05, 4.69) is 29.0 Å². The van der Waals surface area contributed by atoms with Crippen molar-refractivity contribution in [3.05, 3.63) is 70.0 Å². The average Bonchev–Trinajstić information content (AvgIpc) is 2.69. The van der Waals surface area contributed by atoms with Crippen LogP contribution in [-0.4, -0.2) is 24.0 Å². The van der Waals surface area contributed by atoms with Crippen LogP contribution in [0.1, 0.15) is 31.4 Å². The molecular weight excluding hydrogens is 350 g/mol. The largest absolute Gasteiger partial charge is 0.372 e. The van der Waals surface area contributed by atoms with Gasteiger partial charge in [0.05, 0.1) is 0 Å². The summed E-state index contributed by atoms with van der Waals surface area (Å²) in [5, 5.41) is 3.90. The third-order valence-electron chi connectivity index (χ3n) is 4.98. The molecule has 5 heteroatoms. The second-order valence-electron chi connectivity index (χ2n) is 6.98. The van der Waals surface area contributed by atoms with E-state index < -0.39 is 0 Å². The first-order chi connectivity index (χ1) is 13.5. The summed E-state index contributed by atoms with van der Waals surface area (Å²) in [6, 6.07) is 15.6. The van der Waals surface area contributed by atoms with Crippen molar-refractivity contribution in [2.45, 2.75) is 33.6 Å². The molecular formula is C23H27N3O2. The first kappa shape index (κ1) is 19.7. The number of pyridine rings is 1. The molecule has 0 bridgehead atoms. The van der Waals surface area contributed by atoms with Crippen LogP contribution in [0.3, 0.4) is 0 Å². The molecule has 0 spiro atoms. The standard InChI is InChI=1S/C23H27N3O2/c1-4-26(5-2)20-10-8-19(9-11-20)24-22(27)13-7-17-15-18-14-16(3)6-12-21(18)25-23(17)28/h6,8-12,14-15H,4-5,7,13H2,1-3H3,(H,24,27)(H,25,28). The summed E-state index contributed by atoms with van der Waals surface area (Å²) in [4.78, 5) is 29.7. The van der Waals surface area contributed by atoms with Crippen molar-refractivity contribution in [2.24, 2.45) is 0 Å². The van der Waals surface area contributed by atoms with Gasteiger partial charge in [0, 0.05) is 42.0 Å². The molecule has 0 saturated carbocycles. The molecule has 1 heterocycles. The van der Waals surface area contributed by atoms with E-state index in [1.807, 2.05) is 55.5 Å². The Morgan fingerprint density at radius 1 is 1.04 bits per heavy atom. The number of carbonyl (C=O) groups excluding carboxylic acids is 1. The zero-order valence-corrected chi connectivity index (χ0v) is 16.7. The average molecular weight is 377 g/mol. The number of anilines is 2. The predicted molar refractivity (Wildman–Crippen MR) is 116 cm³/mol. The summed E-state index contributed by atoms with van der Waals surface area (Å²) in [5.74, 6) is -0.0978. The molecule has 146 valence electrons. The Bertz CT molecular complexity index is 1020. The molecule has 3 aromatic rings. The van der Waals surface area contributed by atoms with Gasteiger partial charge in [-0.25, -0.2) is 0 Å². The number of aromatic amines is 1. The summed E-state index contributed by atoms with van der Waals surface area (Å²) >= 11 is 0. The molecule has 0 aliphatic heterocycles. The molecule has 2 aromatic carbocycles. The Balaban J connectivity index is 1.63. The number of benzene rings is 2. The second-order valence-corrected chi connectivity index (χ2v) is 6.98. The van der Waals surface area contributed by atoms with Crippen molar-refractivity contribution in [3.63, 3.8) is 0 Å². The fourth-order valence-corrected chi connectivity index (χ4v) is 3.37. The number of fused-ring (bicyclic) bond motifs is 1. The minimum absolute atomic E-state index is 0.0978. The Hall–Kier alpha value is -3.08. The van der Waals surface area contributed by atoms with Crippen molar-refractivity contribution in [3.8, 4) is 0 Å². The zero-order chi connectivity index (χ0) is 20.1. The maximum atomic E-state index is 12.3. The van der Waals surface area contributed by atoms with E-state index in [1.165, 1.54) is 0 Å². The molecule has 0 unspecified atom stereocenters. The van der Waals surface area contributed by atoms with E-state index >= 15 is 0 Å². The van der Waals surface area contributed by atoms with Crippen LogP contribution >= 0.6 is 0 Å². The first-order valence-corrected chi connectivity index (χ1v) is 9.77. The number of aromatic nitrogens is 1. The molecule has 0 saturated heterocycles. The van der Waals surface area contributed by atoms with Gasteiger partial charge >= 0.3 is 0 Å². The van der Waals surface area contributed by atoms with E-state index in [0.717, 1.165) is 40.9 Å². The topological polar surface area (TPSA) is 65.2 Å². The number of amides is 1. The lowest BCUT2D eigenvalue weighted by atomic mass is 10.1. The molecule has 0 fully saturated rings. The van der Waals surface area contributed by atoms with Crippen molar-refractivity contribution >= 4 is 28.2 Å². The number of aryl methyl sites for hydroxylation is 2. The summed E-state index contributed by atoms with van der Waals surface area (Å²) < 4.78 is 0. The van der Waals surface area contributed by atoms with Gasteiger partial charge in [-0.1, -0.05) is 11.6 Å². The molecule has 5 nitrogen and oxygen atoms in total. The van der Waals surface area contributed by atoms with Crippen LogP contribution in [0.2, 0.25) is 0 Å². The molecule has 0 aliphatic rings. The smallest absolute Gasteiger partial charge is 0.251 e. The molecule has 28 heavy (non-hydrogen) atoms. The summed E-state index contributed by atoms with van der Waals surface area (Å²) in [6.07, 6.45) is 0.667. The van der Waals surface area contributed by atoms with Gasteiger partial charge in [0.15, 0.2) is 0 Å². The van der Waals surface area contributed by atoms with Crippen LogP contribution in [-0.2, 0) is 11.2 Å². The Morgan fingerprint density at radius 3 is 2.43 bits per heavy atom. The third kappa shape index (κ3) is 4.60. The van der Waals surface area contributed by atoms with Gasteiger partial charge in [-0.15, -0.1) is 0 Å². The monoisotopic (exact) mass is 377 g/mol. The summed E-state index contributed by atoms with van der Waals surface area (Å²) in [7, 11) is 0. The lowest BCUT2D eigenvalue weighted by Crippen LogP contribution is -2.21. The number of hydrogen-bond donors (Lipinski definition) is 2. The van der Waals surface area contributed by atoms with Gasteiger partial charge < -0.3 is 15.2 Å². The molecule has 0 aliphatic carbocycles. The van der Waals surface area contributed by atoms with Crippen LogP contribution in [0.15, 0.2) is 53.3 Å². The SMILES string of the molecule is CCN(CC)c1ccc(NC(=O)CCc2cc3cc(C)ccc3[nH]c2=O)cc1. The normalized spacial score (nSPS) is 10.8. The quantitative estimate of drug-likeness (QED) is 0.647. The highest BCUT2D eigenvalue weighted by atomic mass is 16.1. The van der Waals surface area contributed by atoms with Gasteiger partial charge in [-0.05, 0) is 75.0 Å². The van der Waals surface area contributed by atoms with Gasteiger partial charge in [-0.2, -0.15) is 0 Å². The predicted octanol–water partition coefficient (Wildman–Crippen LogP) is 4.25. The van der Waals surface area contributed by atoms with E-state index in [0.29, 0.717) is 12.0 Å². The first-order valence-electron chi connectivity index (χ1n) is 9.77. The van der Waals surface area contributed by atoms with Crippen LogP contribution in [0, 0.1) is 6.92 Å². The van der Waals surface area contributed by atoms with Gasteiger partial charge in [-0.3, -0.25) is 9.59 Å². The highest BCUT2D eigenvalue weighted by Crippen LogP contribution is 2.18. The Morgan fingerprint density at radius 2 is 1.75 bits per heavy atom. The van der Waals surface area contributed by atoms with E-state index in [1.54, 1.807) is 0 Å². The van der Waals surface area contributed by atoms with Gasteiger partial charge in [0.1, 0.15) is 0 Å². The highest BCUT2D eigenvalue weighted by Gasteiger charge is 2.08. The van der Waals surface area contributed by atoms with Crippen molar-refractivity contribution in [2.75, 3.05) is 23.3 Å². The van der Waals surface area contributed by atoms with Crippen molar-refractivity contribution < 1.29 is 4.79 Å². The van der Waals surface area contributed by atoms with Crippen molar-refractivity contribution in [1.29, 1.82) is 0 Å². The zero-order valence-electron chi connectivity index (χ0n) is 16.7. The van der Waals surface area contributed by atoms with Crippen LogP contribution < -0.4 is 15.8 Å². The second kappa shape index (κ2) is 8.74. The highest BCUT2D eigenvalue weighted by molar-refractivity contribution is 5.91.